The molecule has 0 aliphatic carbocycles. The number of nitrogens with two attached hydrogens (primary N) is 1. The molecule has 1 aliphatic heterocycles. The molecule has 24 heavy (non-hydrogen) atoms. The third-order valence-electron chi connectivity index (χ3n) is 4.87. The number of fused-ring (bicyclic) bond motifs is 1. The maximum atomic E-state index is 6.64. The fourth-order valence-corrected chi connectivity index (χ4v) is 3.81. The van der Waals surface area contributed by atoms with Crippen LogP contribution < -0.4 is 10.6 Å². The molecule has 0 radical (unpaired) electrons. The van der Waals surface area contributed by atoms with E-state index in [1.807, 2.05) is 6.92 Å². The van der Waals surface area contributed by atoms with Gasteiger partial charge in [0.2, 0.25) is 0 Å². The lowest BCUT2D eigenvalue weighted by Crippen LogP contribution is -2.26. The highest BCUT2D eigenvalue weighted by Gasteiger charge is 2.26. The van der Waals surface area contributed by atoms with Crippen molar-refractivity contribution in [3.63, 3.8) is 0 Å². The molecule has 3 heterocycles. The summed E-state index contributed by atoms with van der Waals surface area (Å²) in [6, 6.07) is 6.42. The zero-order chi connectivity index (χ0) is 17.0. The SMILES string of the molecule is Cc1cc(N2CC[C@@H](N)C2)c2onc(-n3c(C)ccc3C)c2c1Cl. The predicted molar refractivity (Wildman–Crippen MR) is 97.4 cm³/mol. The number of halogens is 1. The second-order valence-corrected chi connectivity index (χ2v) is 7.06. The summed E-state index contributed by atoms with van der Waals surface area (Å²) in [5.74, 6) is 0.753. The zero-order valence-corrected chi connectivity index (χ0v) is 14.9. The third kappa shape index (κ3) is 2.23. The predicted octanol–water partition coefficient (Wildman–Crippen LogP) is 3.73. The van der Waals surface area contributed by atoms with E-state index in [-0.39, 0.29) is 6.04 Å². The first-order valence-corrected chi connectivity index (χ1v) is 8.59. The maximum absolute atomic E-state index is 6.64. The molecular formula is C18H21ClN4O. The van der Waals surface area contributed by atoms with E-state index in [4.69, 9.17) is 21.9 Å². The van der Waals surface area contributed by atoms with E-state index in [1.165, 1.54) is 0 Å². The van der Waals surface area contributed by atoms with E-state index < -0.39 is 0 Å². The van der Waals surface area contributed by atoms with Gasteiger partial charge < -0.3 is 15.2 Å². The van der Waals surface area contributed by atoms with Crippen LogP contribution in [-0.2, 0) is 0 Å². The molecule has 4 rings (SSSR count). The van der Waals surface area contributed by atoms with E-state index in [2.05, 4.69) is 46.7 Å². The van der Waals surface area contributed by atoms with Gasteiger partial charge in [0.1, 0.15) is 0 Å². The number of hydrogen-bond acceptors (Lipinski definition) is 4. The molecule has 126 valence electrons. The van der Waals surface area contributed by atoms with Crippen LogP contribution in [0.4, 0.5) is 5.69 Å². The highest BCUT2D eigenvalue weighted by atomic mass is 35.5. The Morgan fingerprint density at radius 2 is 1.96 bits per heavy atom. The van der Waals surface area contributed by atoms with Crippen molar-refractivity contribution in [2.45, 2.75) is 33.2 Å². The lowest BCUT2D eigenvalue weighted by atomic mass is 10.1. The van der Waals surface area contributed by atoms with Crippen LogP contribution in [0.5, 0.6) is 0 Å². The molecule has 6 heteroatoms. The molecular weight excluding hydrogens is 324 g/mol. The van der Waals surface area contributed by atoms with Crippen LogP contribution in [0.25, 0.3) is 16.8 Å². The highest BCUT2D eigenvalue weighted by Crippen LogP contribution is 2.40. The van der Waals surface area contributed by atoms with Gasteiger partial charge in [-0.25, -0.2) is 0 Å². The molecule has 1 saturated heterocycles. The number of nitrogens with zero attached hydrogens (tertiary/aromatic N) is 3. The Bertz CT molecular complexity index is 907. The van der Waals surface area contributed by atoms with Crippen molar-refractivity contribution >= 4 is 28.3 Å². The number of aryl methyl sites for hydroxylation is 3. The largest absolute Gasteiger partial charge is 0.367 e. The smallest absolute Gasteiger partial charge is 0.193 e. The number of anilines is 1. The molecule has 1 aromatic carbocycles. The highest BCUT2D eigenvalue weighted by molar-refractivity contribution is 6.37. The van der Waals surface area contributed by atoms with Gasteiger partial charge in [-0.3, -0.25) is 4.57 Å². The second kappa shape index (κ2) is 5.53. The van der Waals surface area contributed by atoms with Gasteiger partial charge in [0, 0.05) is 30.5 Å². The van der Waals surface area contributed by atoms with E-state index in [0.29, 0.717) is 5.02 Å². The van der Waals surface area contributed by atoms with Crippen LogP contribution in [0.15, 0.2) is 22.7 Å². The van der Waals surface area contributed by atoms with Crippen LogP contribution in [-0.4, -0.2) is 28.9 Å². The summed E-state index contributed by atoms with van der Waals surface area (Å²) in [6.07, 6.45) is 0.986. The van der Waals surface area contributed by atoms with Gasteiger partial charge in [-0.15, -0.1) is 0 Å². The van der Waals surface area contributed by atoms with Crippen LogP contribution >= 0.6 is 11.6 Å². The van der Waals surface area contributed by atoms with Gasteiger partial charge in [-0.05, 0) is 51.0 Å². The van der Waals surface area contributed by atoms with Crippen molar-refractivity contribution in [3.8, 4) is 5.82 Å². The second-order valence-electron chi connectivity index (χ2n) is 6.68. The van der Waals surface area contributed by atoms with E-state index in [0.717, 1.165) is 58.9 Å². The first-order chi connectivity index (χ1) is 11.5. The summed E-state index contributed by atoms with van der Waals surface area (Å²) in [5, 5.41) is 5.92. The summed E-state index contributed by atoms with van der Waals surface area (Å²) < 4.78 is 7.84. The Morgan fingerprint density at radius 1 is 1.25 bits per heavy atom. The monoisotopic (exact) mass is 344 g/mol. The van der Waals surface area contributed by atoms with Gasteiger partial charge in [-0.2, -0.15) is 0 Å². The van der Waals surface area contributed by atoms with E-state index in [1.54, 1.807) is 0 Å². The van der Waals surface area contributed by atoms with Crippen molar-refractivity contribution in [2.24, 2.45) is 5.73 Å². The van der Waals surface area contributed by atoms with Crippen LogP contribution in [0.2, 0.25) is 5.02 Å². The molecule has 1 atom stereocenters. The Hall–Kier alpha value is -1.98. The van der Waals surface area contributed by atoms with Crippen molar-refractivity contribution < 1.29 is 4.52 Å². The Kier molecular flexibility index (Phi) is 3.58. The lowest BCUT2D eigenvalue weighted by molar-refractivity contribution is 0.451. The normalized spacial score (nSPS) is 18.0. The van der Waals surface area contributed by atoms with Gasteiger partial charge in [0.05, 0.1) is 16.1 Å². The topological polar surface area (TPSA) is 60.2 Å². The van der Waals surface area contributed by atoms with Crippen LogP contribution in [0.3, 0.4) is 0 Å². The van der Waals surface area contributed by atoms with Crippen LogP contribution in [0.1, 0.15) is 23.4 Å². The van der Waals surface area contributed by atoms with Gasteiger partial charge in [0.25, 0.3) is 0 Å². The summed E-state index contributed by atoms with van der Waals surface area (Å²) in [7, 11) is 0. The third-order valence-corrected chi connectivity index (χ3v) is 5.36. The van der Waals surface area contributed by atoms with E-state index in [9.17, 15) is 0 Å². The number of hydrogen-bond donors (Lipinski definition) is 1. The Labute approximate surface area is 146 Å². The molecule has 0 spiro atoms. The van der Waals surface area contributed by atoms with Crippen molar-refractivity contribution in [3.05, 3.63) is 40.2 Å². The van der Waals surface area contributed by atoms with Crippen molar-refractivity contribution in [1.29, 1.82) is 0 Å². The fourth-order valence-electron chi connectivity index (χ4n) is 3.58. The Morgan fingerprint density at radius 3 is 2.58 bits per heavy atom. The molecule has 3 aromatic rings. The molecule has 0 amide bonds. The fraction of sp³-hybridized carbons (Fsp3) is 0.389. The average molecular weight is 345 g/mol. The average Bonchev–Trinajstić information content (AvgIpc) is 3.23. The van der Waals surface area contributed by atoms with E-state index >= 15 is 0 Å². The molecule has 1 aliphatic rings. The zero-order valence-electron chi connectivity index (χ0n) is 14.1. The lowest BCUT2D eigenvalue weighted by Gasteiger charge is -2.19. The van der Waals surface area contributed by atoms with Gasteiger partial charge >= 0.3 is 0 Å². The molecule has 2 N–H and O–H groups in total. The minimum absolute atomic E-state index is 0.201. The minimum atomic E-state index is 0.201. The maximum Gasteiger partial charge on any atom is 0.193 e. The standard InChI is InChI=1S/C18H21ClN4O/c1-10-8-14(22-7-6-13(20)9-22)17-15(16(10)19)18(21-24-17)23-11(2)4-5-12(23)3/h4-5,8,13H,6-7,9,20H2,1-3H3/t13-/m1/s1. The summed E-state index contributed by atoms with van der Waals surface area (Å²) in [4.78, 5) is 2.26. The van der Waals surface area contributed by atoms with Gasteiger partial charge in [-0.1, -0.05) is 16.8 Å². The summed E-state index contributed by atoms with van der Waals surface area (Å²) in [6.45, 7) is 7.88. The quantitative estimate of drug-likeness (QED) is 0.769. The first-order valence-electron chi connectivity index (χ1n) is 8.21. The molecule has 0 unspecified atom stereocenters. The van der Waals surface area contributed by atoms with Crippen molar-refractivity contribution in [1.82, 2.24) is 9.72 Å². The minimum Gasteiger partial charge on any atom is -0.367 e. The first kappa shape index (κ1) is 15.5. The molecule has 2 aromatic heterocycles. The number of rotatable bonds is 2. The number of benzene rings is 1. The number of aromatic nitrogens is 2. The molecule has 5 nitrogen and oxygen atoms in total. The molecule has 0 bridgehead atoms. The molecule has 1 fully saturated rings. The Balaban J connectivity index is 1.98. The van der Waals surface area contributed by atoms with Crippen molar-refractivity contribution in [2.75, 3.05) is 18.0 Å². The van der Waals surface area contributed by atoms with Gasteiger partial charge in [0.15, 0.2) is 11.4 Å². The summed E-state index contributed by atoms with van der Waals surface area (Å²) >= 11 is 6.64. The summed E-state index contributed by atoms with van der Waals surface area (Å²) in [5.41, 5.74) is 11.1. The van der Waals surface area contributed by atoms with Crippen LogP contribution in [0, 0.1) is 20.8 Å². The molecule has 0 saturated carbocycles.